The molecule has 2 heterocycles. The van der Waals surface area contributed by atoms with Gasteiger partial charge in [0.05, 0.1) is 11.1 Å². The minimum absolute atomic E-state index is 0.178. The molecule has 1 aliphatic heterocycles. The summed E-state index contributed by atoms with van der Waals surface area (Å²) in [6, 6.07) is 3.24. The summed E-state index contributed by atoms with van der Waals surface area (Å²) in [6.45, 7) is -2.50. The first-order valence-corrected chi connectivity index (χ1v) is 8.16. The Hall–Kier alpha value is -3.04. The second-order valence-electron chi connectivity index (χ2n) is 6.10. The number of fused-ring (bicyclic) bond motifs is 1. The molecule has 2 aromatic rings. The molecule has 0 spiro atoms. The summed E-state index contributed by atoms with van der Waals surface area (Å²) < 4.78 is 42.5. The van der Waals surface area contributed by atoms with Gasteiger partial charge in [-0.3, -0.25) is 9.78 Å². The van der Waals surface area contributed by atoms with E-state index in [1.54, 1.807) is 0 Å². The minimum Gasteiger partial charge on any atom is -0.465 e. The van der Waals surface area contributed by atoms with Gasteiger partial charge in [-0.1, -0.05) is 0 Å². The number of hydrogen-bond acceptors (Lipinski definition) is 4. The number of hydrogen-bond donors (Lipinski definition) is 2. The zero-order valence-electron chi connectivity index (χ0n) is 14.0. The molecule has 1 fully saturated rings. The number of piperidine rings is 1. The van der Waals surface area contributed by atoms with Crippen molar-refractivity contribution in [1.82, 2.24) is 15.2 Å². The lowest BCUT2D eigenvalue weighted by Crippen LogP contribution is -2.46. The summed E-state index contributed by atoms with van der Waals surface area (Å²) in [5.41, 5.74) is 0.392. The van der Waals surface area contributed by atoms with E-state index in [1.165, 1.54) is 17.2 Å². The van der Waals surface area contributed by atoms with Crippen LogP contribution in [0, 0.1) is 5.82 Å². The van der Waals surface area contributed by atoms with Crippen molar-refractivity contribution in [2.45, 2.75) is 25.5 Å². The molecule has 10 heteroatoms. The molecule has 0 atom stereocenters. The van der Waals surface area contributed by atoms with E-state index in [4.69, 9.17) is 5.11 Å². The minimum atomic E-state index is -3.16. The third-order valence-electron chi connectivity index (χ3n) is 4.31. The zero-order valence-corrected chi connectivity index (χ0v) is 14.0. The summed E-state index contributed by atoms with van der Waals surface area (Å²) in [4.78, 5) is 28.5. The highest BCUT2D eigenvalue weighted by molar-refractivity contribution is 5.97. The number of likely N-dealkylation sites (tertiary alicyclic amines) is 1. The number of carbonyl (C=O) groups is 2. The van der Waals surface area contributed by atoms with Crippen molar-refractivity contribution < 1.29 is 32.6 Å². The van der Waals surface area contributed by atoms with Gasteiger partial charge in [0.1, 0.15) is 0 Å². The quantitative estimate of drug-likeness (QED) is 0.847. The number of nitrogens with zero attached hydrogens (tertiary/aromatic N) is 2. The summed E-state index contributed by atoms with van der Waals surface area (Å²) in [5.74, 6) is -2.03. The smallest absolute Gasteiger partial charge is 0.407 e. The lowest BCUT2D eigenvalue weighted by molar-refractivity contribution is -0.0520. The first-order valence-electron chi connectivity index (χ1n) is 8.16. The molecule has 3 rings (SSSR count). The van der Waals surface area contributed by atoms with Crippen molar-refractivity contribution in [2.75, 3.05) is 13.1 Å². The van der Waals surface area contributed by atoms with Gasteiger partial charge in [0.25, 0.3) is 5.91 Å². The second-order valence-corrected chi connectivity index (χ2v) is 6.10. The first-order chi connectivity index (χ1) is 12.8. The Morgan fingerprint density at radius 2 is 1.96 bits per heavy atom. The van der Waals surface area contributed by atoms with Crippen LogP contribution in [-0.4, -0.2) is 52.7 Å². The number of carboxylic acid groups (broad SMARTS) is 1. The summed E-state index contributed by atoms with van der Waals surface area (Å²) in [7, 11) is 0. The van der Waals surface area contributed by atoms with Gasteiger partial charge in [-0.2, -0.15) is 8.78 Å². The van der Waals surface area contributed by atoms with Gasteiger partial charge in [0, 0.05) is 36.8 Å². The third-order valence-corrected chi connectivity index (χ3v) is 4.31. The molecular weight excluding hydrogens is 367 g/mol. The zero-order chi connectivity index (χ0) is 19.6. The van der Waals surface area contributed by atoms with Crippen molar-refractivity contribution in [2.24, 2.45) is 0 Å². The predicted molar refractivity (Wildman–Crippen MR) is 88.4 cm³/mol. The van der Waals surface area contributed by atoms with Crippen LogP contribution in [0.2, 0.25) is 0 Å². The molecule has 2 N–H and O–H groups in total. The lowest BCUT2D eigenvalue weighted by atomic mass is 10.0. The Morgan fingerprint density at radius 3 is 2.59 bits per heavy atom. The summed E-state index contributed by atoms with van der Waals surface area (Å²) >= 11 is 0. The number of rotatable bonds is 4. The van der Waals surface area contributed by atoms with Crippen LogP contribution in [0.5, 0.6) is 5.75 Å². The largest absolute Gasteiger partial charge is 0.465 e. The number of amides is 2. The SMILES string of the molecule is O=C(NC1CCN(C(=O)O)CC1)c1cnc2cc(OC(F)F)c(F)cc2c1. The summed E-state index contributed by atoms with van der Waals surface area (Å²) in [6.07, 6.45) is 1.24. The highest BCUT2D eigenvalue weighted by atomic mass is 19.3. The van der Waals surface area contributed by atoms with E-state index >= 15 is 0 Å². The topological polar surface area (TPSA) is 91.8 Å². The highest BCUT2D eigenvalue weighted by Gasteiger charge is 2.24. The Kier molecular flexibility index (Phi) is 5.33. The number of nitrogens with one attached hydrogen (secondary N) is 1. The number of pyridine rings is 1. The van der Waals surface area contributed by atoms with Gasteiger partial charge in [-0.15, -0.1) is 0 Å². The third kappa shape index (κ3) is 4.39. The monoisotopic (exact) mass is 383 g/mol. The van der Waals surface area contributed by atoms with Gasteiger partial charge in [-0.25, -0.2) is 9.18 Å². The fourth-order valence-corrected chi connectivity index (χ4v) is 2.92. The molecule has 1 aromatic carbocycles. The van der Waals surface area contributed by atoms with E-state index in [0.29, 0.717) is 25.9 Å². The second kappa shape index (κ2) is 7.68. The molecule has 0 saturated carbocycles. The molecule has 1 saturated heterocycles. The van der Waals surface area contributed by atoms with Gasteiger partial charge < -0.3 is 20.1 Å². The van der Waals surface area contributed by atoms with Crippen molar-refractivity contribution in [3.05, 3.63) is 35.8 Å². The van der Waals surface area contributed by atoms with Gasteiger partial charge in [-0.05, 0) is 25.0 Å². The lowest BCUT2D eigenvalue weighted by Gasteiger charge is -2.30. The average Bonchev–Trinajstić information content (AvgIpc) is 2.62. The molecule has 2 amide bonds. The van der Waals surface area contributed by atoms with Gasteiger partial charge >= 0.3 is 12.7 Å². The van der Waals surface area contributed by atoms with Crippen LogP contribution >= 0.6 is 0 Å². The maximum atomic E-state index is 13.8. The molecule has 144 valence electrons. The molecule has 27 heavy (non-hydrogen) atoms. The number of benzene rings is 1. The fourth-order valence-electron chi connectivity index (χ4n) is 2.92. The van der Waals surface area contributed by atoms with Crippen LogP contribution < -0.4 is 10.1 Å². The molecule has 1 aliphatic rings. The first kappa shape index (κ1) is 18.7. The molecule has 0 radical (unpaired) electrons. The Labute approximate surface area is 151 Å². The van der Waals surface area contributed by atoms with E-state index < -0.39 is 30.2 Å². The number of halogens is 3. The van der Waals surface area contributed by atoms with Crippen LogP contribution in [0.4, 0.5) is 18.0 Å². The van der Waals surface area contributed by atoms with Crippen molar-refractivity contribution in [3.63, 3.8) is 0 Å². The van der Waals surface area contributed by atoms with E-state index in [0.717, 1.165) is 12.1 Å². The number of carbonyl (C=O) groups excluding carboxylic acids is 1. The molecule has 7 nitrogen and oxygen atoms in total. The van der Waals surface area contributed by atoms with Crippen molar-refractivity contribution in [3.8, 4) is 5.75 Å². The Morgan fingerprint density at radius 1 is 1.26 bits per heavy atom. The van der Waals surface area contributed by atoms with Crippen LogP contribution in [0.3, 0.4) is 0 Å². The standard InChI is InChI=1S/C17H16F3N3O4/c18-12-6-9-5-10(8-21-13(9)7-14(12)27-16(19)20)15(24)22-11-1-3-23(4-2-11)17(25)26/h5-8,11,16H,1-4H2,(H,22,24)(H,25,26). The fraction of sp³-hybridized carbons (Fsp3) is 0.353. The van der Waals surface area contributed by atoms with Crippen LogP contribution in [0.15, 0.2) is 24.4 Å². The number of aromatic nitrogens is 1. The van der Waals surface area contributed by atoms with Gasteiger partial charge in [0.2, 0.25) is 0 Å². The van der Waals surface area contributed by atoms with E-state index in [9.17, 15) is 22.8 Å². The molecule has 0 unspecified atom stereocenters. The summed E-state index contributed by atoms with van der Waals surface area (Å²) in [5, 5.41) is 12.0. The number of ether oxygens (including phenoxy) is 1. The maximum Gasteiger partial charge on any atom is 0.407 e. The van der Waals surface area contributed by atoms with E-state index in [2.05, 4.69) is 15.0 Å². The Bertz CT molecular complexity index is 870. The van der Waals surface area contributed by atoms with Gasteiger partial charge in [0.15, 0.2) is 11.6 Å². The normalized spacial score (nSPS) is 15.2. The highest BCUT2D eigenvalue weighted by Crippen LogP contribution is 2.25. The molecule has 0 bridgehead atoms. The van der Waals surface area contributed by atoms with Crippen LogP contribution in [0.1, 0.15) is 23.2 Å². The molecule has 0 aliphatic carbocycles. The van der Waals surface area contributed by atoms with E-state index in [1.807, 2.05) is 0 Å². The Balaban J connectivity index is 1.71. The molecule has 1 aromatic heterocycles. The van der Waals surface area contributed by atoms with Crippen LogP contribution in [0.25, 0.3) is 10.9 Å². The number of alkyl halides is 2. The average molecular weight is 383 g/mol. The van der Waals surface area contributed by atoms with Crippen molar-refractivity contribution in [1.29, 1.82) is 0 Å². The van der Waals surface area contributed by atoms with E-state index in [-0.39, 0.29) is 22.5 Å². The van der Waals surface area contributed by atoms with Crippen molar-refractivity contribution >= 4 is 22.9 Å². The maximum absolute atomic E-state index is 13.8. The predicted octanol–water partition coefficient (Wildman–Crippen LogP) is 2.85. The molecular formula is C17H16F3N3O4. The van der Waals surface area contributed by atoms with Crippen LogP contribution in [-0.2, 0) is 0 Å².